The van der Waals surface area contributed by atoms with E-state index in [0.717, 1.165) is 28.8 Å². The Labute approximate surface area is 489 Å². The summed E-state index contributed by atoms with van der Waals surface area (Å²) < 4.78 is 33.9. The highest BCUT2D eigenvalue weighted by molar-refractivity contribution is 5.84. The van der Waals surface area contributed by atoms with Crippen molar-refractivity contribution in [1.82, 2.24) is 29.4 Å². The van der Waals surface area contributed by atoms with Crippen LogP contribution in [0.3, 0.4) is 0 Å². The molecule has 3 aliphatic heterocycles. The molecule has 83 heavy (non-hydrogen) atoms. The number of nitriles is 1. The Kier molecular flexibility index (Phi) is 18.9. The summed E-state index contributed by atoms with van der Waals surface area (Å²) in [5.41, 5.74) is 15.2. The molecule has 2 aromatic heterocycles. The molecule has 7 aromatic carbocycles. The molecule has 426 valence electrons. The maximum atomic E-state index is 13.7. The molecule has 0 amide bonds. The first-order chi connectivity index (χ1) is 39.8. The first-order valence-electron chi connectivity index (χ1n) is 27.8. The number of nitrogens with zero attached hydrogens (tertiary/aromatic N) is 13. The fraction of sp³-hybridized carbons (Fsp3) is 0.250. The normalized spacial score (nSPS) is 15.6. The van der Waals surface area contributed by atoms with Crippen LogP contribution in [0.15, 0.2) is 195 Å². The van der Waals surface area contributed by atoms with Crippen LogP contribution < -0.4 is 28.7 Å². The van der Waals surface area contributed by atoms with Crippen molar-refractivity contribution in [1.29, 1.82) is 5.26 Å². The summed E-state index contributed by atoms with van der Waals surface area (Å²) in [7, 11) is 11.8. The molecule has 3 aliphatic rings. The molecule has 0 saturated heterocycles. The molecule has 13 nitrogen and oxygen atoms in total. The molecule has 0 saturated carbocycles. The van der Waals surface area contributed by atoms with Gasteiger partial charge in [-0.2, -0.15) is 5.26 Å². The van der Waals surface area contributed by atoms with Gasteiger partial charge in [0, 0.05) is 74.2 Å². The van der Waals surface area contributed by atoms with Crippen LogP contribution in [0.5, 0.6) is 0 Å². The highest BCUT2D eigenvalue weighted by atomic mass is 19.1. The number of aryl methyl sites for hydroxylation is 8. The monoisotopic (exact) mass is 1110 g/mol. The fourth-order valence-electron chi connectivity index (χ4n) is 10.3. The second-order valence-corrected chi connectivity index (χ2v) is 21.2. The Hall–Kier alpha value is -9.55. The van der Waals surface area contributed by atoms with E-state index in [-0.39, 0.29) is 0 Å². The van der Waals surface area contributed by atoms with Crippen LogP contribution in [-0.4, -0.2) is 69.0 Å². The van der Waals surface area contributed by atoms with Crippen LogP contribution in [-0.2, 0) is 21.1 Å². The molecule has 12 rings (SSSR count). The van der Waals surface area contributed by atoms with Crippen molar-refractivity contribution in [2.24, 2.45) is 21.1 Å². The van der Waals surface area contributed by atoms with Gasteiger partial charge in [0.2, 0.25) is 12.7 Å². The molecule has 0 fully saturated rings. The lowest BCUT2D eigenvalue weighted by Gasteiger charge is -2.28. The maximum absolute atomic E-state index is 13.7. The minimum atomic E-state index is -0.591. The zero-order chi connectivity index (χ0) is 59.6. The molecule has 0 unspecified atom stereocenters. The molecule has 15 heteroatoms. The first kappa shape index (κ1) is 59.6. The molecule has 0 bridgehead atoms. The lowest BCUT2D eigenvalue weighted by Crippen LogP contribution is -2.35. The minimum Gasteiger partial charge on any atom is -0.359 e. The van der Waals surface area contributed by atoms with Gasteiger partial charge in [0.15, 0.2) is 0 Å². The molecular weight excluding hydrogens is 1040 g/mol. The standard InChI is InChI=1S/C16H16N3.C16H18N2.C13H15N3.C12H16N2.C11H12F2N3/c1-13-8-6-7-11-15(13)16-17-19(12-18(16)2)14-9-4-3-5-10-14;1-12-8-4-5-9-14(12)18-13(2)17(3)15-10-6-7-11-16(15)18;1-10-8-12(9-14)4-5-13(10)16-7-6-15(3)11(16)2;1-10-6-4-5-7-12(10)14-9-8-13(3)11(14)2;1-7-4-8(12)5-9(13)10(7)11-14-16(3)6-15(11)2/h3-12H,1-2H3;4-11,13H,1-3H3;4-8,11H,1-3H3;4-9,11H,1-3H3;4-6H,1-3H3/q+1;;;;+1/t;13-;2*11-;/m.111./s1. The van der Waals surface area contributed by atoms with E-state index in [1.807, 2.05) is 73.5 Å². The smallest absolute Gasteiger partial charge is 0.311 e. The van der Waals surface area contributed by atoms with Gasteiger partial charge in [0.25, 0.3) is 0 Å². The number of fused-ring (bicyclic) bond motifs is 1. The molecule has 3 atom stereocenters. The van der Waals surface area contributed by atoms with Crippen molar-refractivity contribution in [2.45, 2.75) is 73.9 Å². The predicted molar refractivity (Wildman–Crippen MR) is 332 cm³/mol. The number of hydrogen-bond donors (Lipinski definition) is 0. The third kappa shape index (κ3) is 13.5. The van der Waals surface area contributed by atoms with Crippen LogP contribution in [0.1, 0.15) is 54.2 Å². The number of benzene rings is 7. The number of rotatable bonds is 6. The zero-order valence-electron chi connectivity index (χ0n) is 50.3. The maximum Gasteiger partial charge on any atom is 0.311 e. The van der Waals surface area contributed by atoms with E-state index >= 15 is 0 Å². The molecule has 5 heterocycles. The van der Waals surface area contributed by atoms with Crippen LogP contribution in [0.4, 0.5) is 37.2 Å². The first-order valence-corrected chi connectivity index (χ1v) is 27.8. The largest absolute Gasteiger partial charge is 0.359 e. The van der Waals surface area contributed by atoms with Crippen molar-refractivity contribution in [3.63, 3.8) is 0 Å². The van der Waals surface area contributed by atoms with Crippen molar-refractivity contribution in [3.05, 3.63) is 240 Å². The van der Waals surface area contributed by atoms with E-state index in [1.54, 1.807) is 36.6 Å². The Morgan fingerprint density at radius 2 is 1.00 bits per heavy atom. The second kappa shape index (κ2) is 26.4. The number of halogens is 2. The minimum absolute atomic E-state index is 0.326. The fourth-order valence-corrected chi connectivity index (χ4v) is 10.3. The SMILES string of the molecule is Cc1cc(C#N)ccc1N1C=CN(C)[C@H]1C.Cc1cc(F)cc(F)c1-c1nn(C)c[n+]1C.Cc1ccccc1-c1nn(-c2ccccc2)c[n+]1C.Cc1ccccc1N1C=CN(C)[C@H]1C.Cc1ccccc1N1c2ccccc2N(C)[C@H]1C. The van der Waals surface area contributed by atoms with Crippen molar-refractivity contribution in [3.8, 4) is 34.5 Å². The average molecular weight is 1110 g/mol. The number of anilines is 5. The van der Waals surface area contributed by atoms with Gasteiger partial charge in [0.05, 0.1) is 60.4 Å². The van der Waals surface area contributed by atoms with Gasteiger partial charge in [-0.1, -0.05) is 89.6 Å². The Morgan fingerprint density at radius 3 is 1.52 bits per heavy atom. The molecule has 9 aromatic rings. The van der Waals surface area contributed by atoms with Crippen LogP contribution in [0.25, 0.3) is 28.5 Å². The molecule has 0 N–H and O–H groups in total. The van der Waals surface area contributed by atoms with E-state index in [0.29, 0.717) is 41.0 Å². The summed E-state index contributed by atoms with van der Waals surface area (Å²) in [6.45, 7) is 16.7. The molecular formula is C68H77F2N13+2. The van der Waals surface area contributed by atoms with Gasteiger partial charge in [0.1, 0.15) is 35.8 Å². The summed E-state index contributed by atoms with van der Waals surface area (Å²) in [5, 5.41) is 17.7. The summed E-state index contributed by atoms with van der Waals surface area (Å²) >= 11 is 0. The van der Waals surface area contributed by atoms with E-state index < -0.39 is 11.6 Å². The Morgan fingerprint density at radius 1 is 0.482 bits per heavy atom. The third-order valence-corrected chi connectivity index (χ3v) is 15.4. The average Bonchev–Trinajstić information content (AvgIpc) is 4.27. The number of hydrogen-bond acceptors (Lipinski definition) is 9. The van der Waals surface area contributed by atoms with Crippen LogP contribution in [0, 0.1) is 57.6 Å². The van der Waals surface area contributed by atoms with Crippen molar-refractivity contribution < 1.29 is 17.9 Å². The summed E-state index contributed by atoms with van der Waals surface area (Å²) in [5.74, 6) is 0.295. The van der Waals surface area contributed by atoms with Gasteiger partial charge < -0.3 is 29.4 Å². The topological polar surface area (TPSA) is 86.6 Å². The highest BCUT2D eigenvalue weighted by Gasteiger charge is 2.32. The van der Waals surface area contributed by atoms with Gasteiger partial charge in [-0.25, -0.2) is 17.9 Å². The summed E-state index contributed by atoms with van der Waals surface area (Å²) in [6.07, 6.45) is 13.2. The Bertz CT molecular complexity index is 3760. The zero-order valence-corrected chi connectivity index (χ0v) is 50.3. The van der Waals surface area contributed by atoms with E-state index in [1.165, 1.54) is 51.1 Å². The Balaban J connectivity index is 0.000000136. The van der Waals surface area contributed by atoms with Crippen molar-refractivity contribution in [2.75, 3.05) is 40.7 Å². The lowest BCUT2D eigenvalue weighted by atomic mass is 10.1. The van der Waals surface area contributed by atoms with Crippen molar-refractivity contribution >= 4 is 28.4 Å². The second-order valence-electron chi connectivity index (χ2n) is 21.2. The molecule has 0 aliphatic carbocycles. The lowest BCUT2D eigenvalue weighted by molar-refractivity contribution is -0.661. The van der Waals surface area contributed by atoms with Crippen LogP contribution >= 0.6 is 0 Å². The van der Waals surface area contributed by atoms with E-state index in [2.05, 4.69) is 230 Å². The van der Waals surface area contributed by atoms with Gasteiger partial charge >= 0.3 is 11.6 Å². The summed E-state index contributed by atoms with van der Waals surface area (Å²) in [4.78, 5) is 13.6. The highest BCUT2D eigenvalue weighted by Crippen LogP contribution is 2.44. The molecule has 0 spiro atoms. The molecule has 0 radical (unpaired) electrons. The van der Waals surface area contributed by atoms with Crippen LogP contribution in [0.2, 0.25) is 0 Å². The summed E-state index contributed by atoms with van der Waals surface area (Å²) in [6, 6.07) is 54.2. The third-order valence-electron chi connectivity index (χ3n) is 15.4. The predicted octanol–water partition coefficient (Wildman–Crippen LogP) is 13.1. The number of para-hydroxylation sites is 5. The van der Waals surface area contributed by atoms with Gasteiger partial charge in [-0.05, 0) is 150 Å². The number of aromatic nitrogens is 6. The van der Waals surface area contributed by atoms with Gasteiger partial charge in [-0.3, -0.25) is 0 Å². The van der Waals surface area contributed by atoms with E-state index in [4.69, 9.17) is 10.4 Å². The van der Waals surface area contributed by atoms with Gasteiger partial charge in [-0.15, -0.1) is 4.68 Å². The quantitative estimate of drug-likeness (QED) is 0.151. The van der Waals surface area contributed by atoms with E-state index in [9.17, 15) is 8.78 Å².